The van der Waals surface area contributed by atoms with Gasteiger partial charge in [0.05, 0.1) is 23.0 Å². The van der Waals surface area contributed by atoms with Gasteiger partial charge in [-0.15, -0.1) is 0 Å². The summed E-state index contributed by atoms with van der Waals surface area (Å²) in [5, 5.41) is 6.56. The fourth-order valence-corrected chi connectivity index (χ4v) is 2.46. The SMILES string of the molecule is Cn1cc(-c2ccc(CNC(=O)c3ccccc3C(F)(F)F)cn2)cn1. The molecule has 1 amide bonds. The molecule has 1 aromatic carbocycles. The largest absolute Gasteiger partial charge is 0.417 e. The molecule has 0 radical (unpaired) electrons. The van der Waals surface area contributed by atoms with Crippen molar-refractivity contribution >= 4 is 5.91 Å². The number of nitrogens with zero attached hydrogens (tertiary/aromatic N) is 3. The van der Waals surface area contributed by atoms with Crippen molar-refractivity contribution in [1.82, 2.24) is 20.1 Å². The molecule has 26 heavy (non-hydrogen) atoms. The van der Waals surface area contributed by atoms with E-state index in [4.69, 9.17) is 0 Å². The maximum absolute atomic E-state index is 13.0. The monoisotopic (exact) mass is 360 g/mol. The summed E-state index contributed by atoms with van der Waals surface area (Å²) in [6.07, 6.45) is 0.481. The highest BCUT2D eigenvalue weighted by atomic mass is 19.4. The maximum Gasteiger partial charge on any atom is 0.417 e. The van der Waals surface area contributed by atoms with E-state index < -0.39 is 23.2 Å². The molecular formula is C18H15F3N4O. The number of nitrogens with one attached hydrogen (secondary N) is 1. The van der Waals surface area contributed by atoms with Crippen molar-refractivity contribution in [3.8, 4) is 11.3 Å². The summed E-state index contributed by atoms with van der Waals surface area (Å²) in [7, 11) is 1.80. The molecule has 0 atom stereocenters. The molecule has 8 heteroatoms. The average molecular weight is 360 g/mol. The molecule has 0 aliphatic rings. The molecule has 0 spiro atoms. The number of carbonyl (C=O) groups is 1. The van der Waals surface area contributed by atoms with Crippen molar-refractivity contribution in [2.75, 3.05) is 0 Å². The van der Waals surface area contributed by atoms with Crippen LogP contribution in [0.1, 0.15) is 21.5 Å². The second-order valence-electron chi connectivity index (χ2n) is 5.68. The van der Waals surface area contributed by atoms with Gasteiger partial charge in [0.1, 0.15) is 0 Å². The van der Waals surface area contributed by atoms with Gasteiger partial charge in [0.15, 0.2) is 0 Å². The Morgan fingerprint density at radius 3 is 2.54 bits per heavy atom. The quantitative estimate of drug-likeness (QED) is 0.775. The van der Waals surface area contributed by atoms with Gasteiger partial charge in [0.25, 0.3) is 5.91 Å². The number of pyridine rings is 1. The number of hydrogen-bond donors (Lipinski definition) is 1. The van der Waals surface area contributed by atoms with E-state index in [1.165, 1.54) is 12.1 Å². The first-order chi connectivity index (χ1) is 12.3. The zero-order chi connectivity index (χ0) is 18.7. The zero-order valence-corrected chi connectivity index (χ0v) is 13.8. The van der Waals surface area contributed by atoms with Crippen molar-refractivity contribution in [2.24, 2.45) is 7.05 Å². The molecule has 0 unspecified atom stereocenters. The normalized spacial score (nSPS) is 11.4. The fraction of sp³-hybridized carbons (Fsp3) is 0.167. The van der Waals surface area contributed by atoms with Gasteiger partial charge in [-0.3, -0.25) is 14.5 Å². The third-order valence-electron chi connectivity index (χ3n) is 3.76. The molecule has 3 rings (SSSR count). The van der Waals surface area contributed by atoms with Crippen LogP contribution in [-0.2, 0) is 19.8 Å². The minimum atomic E-state index is -4.58. The third kappa shape index (κ3) is 3.90. The van der Waals surface area contributed by atoms with Gasteiger partial charge in [-0.25, -0.2) is 0 Å². The molecule has 0 aliphatic carbocycles. The van der Waals surface area contributed by atoms with E-state index >= 15 is 0 Å². The molecule has 1 N–H and O–H groups in total. The van der Waals surface area contributed by atoms with Crippen LogP contribution in [0.3, 0.4) is 0 Å². The van der Waals surface area contributed by atoms with Gasteiger partial charge in [-0.05, 0) is 23.8 Å². The van der Waals surface area contributed by atoms with E-state index in [1.54, 1.807) is 36.3 Å². The molecule has 0 saturated carbocycles. The molecule has 0 fully saturated rings. The van der Waals surface area contributed by atoms with E-state index in [-0.39, 0.29) is 6.54 Å². The van der Waals surface area contributed by atoms with Crippen LogP contribution in [-0.4, -0.2) is 20.7 Å². The molecule has 5 nitrogen and oxygen atoms in total. The average Bonchev–Trinajstić information content (AvgIpc) is 3.06. The van der Waals surface area contributed by atoms with Gasteiger partial charge < -0.3 is 5.32 Å². The number of alkyl halides is 3. The highest BCUT2D eigenvalue weighted by Gasteiger charge is 2.34. The van der Waals surface area contributed by atoms with Crippen LogP contribution in [0.5, 0.6) is 0 Å². The van der Waals surface area contributed by atoms with Crippen molar-refractivity contribution in [2.45, 2.75) is 12.7 Å². The smallest absolute Gasteiger partial charge is 0.348 e. The predicted molar refractivity (Wildman–Crippen MR) is 89.1 cm³/mol. The van der Waals surface area contributed by atoms with E-state index in [1.807, 2.05) is 6.20 Å². The Morgan fingerprint density at radius 1 is 1.15 bits per heavy atom. The lowest BCUT2D eigenvalue weighted by Gasteiger charge is -2.12. The number of amides is 1. The molecule has 2 heterocycles. The first-order valence-corrected chi connectivity index (χ1v) is 7.73. The molecular weight excluding hydrogens is 345 g/mol. The van der Waals surface area contributed by atoms with Crippen LogP contribution in [0.15, 0.2) is 55.0 Å². The highest BCUT2D eigenvalue weighted by molar-refractivity contribution is 5.95. The lowest BCUT2D eigenvalue weighted by Crippen LogP contribution is -2.25. The van der Waals surface area contributed by atoms with Crippen LogP contribution < -0.4 is 5.32 Å². The number of hydrogen-bond acceptors (Lipinski definition) is 3. The number of aromatic nitrogens is 3. The first kappa shape index (κ1) is 17.7. The van der Waals surface area contributed by atoms with E-state index in [0.29, 0.717) is 5.56 Å². The van der Waals surface area contributed by atoms with E-state index in [9.17, 15) is 18.0 Å². The predicted octanol–water partition coefficient (Wildman–Crippen LogP) is 3.43. The minimum absolute atomic E-state index is 0.0747. The molecule has 3 aromatic rings. The van der Waals surface area contributed by atoms with Crippen LogP contribution in [0, 0.1) is 0 Å². The van der Waals surface area contributed by atoms with Crippen LogP contribution >= 0.6 is 0 Å². The van der Waals surface area contributed by atoms with E-state index in [0.717, 1.165) is 23.4 Å². The van der Waals surface area contributed by atoms with Crippen molar-refractivity contribution in [3.05, 3.63) is 71.7 Å². The van der Waals surface area contributed by atoms with Crippen LogP contribution in [0.4, 0.5) is 13.2 Å². The van der Waals surface area contributed by atoms with Gasteiger partial charge in [-0.1, -0.05) is 18.2 Å². The molecule has 134 valence electrons. The first-order valence-electron chi connectivity index (χ1n) is 7.73. The maximum atomic E-state index is 13.0. The topological polar surface area (TPSA) is 59.8 Å². The summed E-state index contributed by atoms with van der Waals surface area (Å²) in [5.41, 5.74) is 0.885. The fourth-order valence-electron chi connectivity index (χ4n) is 2.46. The summed E-state index contributed by atoms with van der Waals surface area (Å²) in [4.78, 5) is 16.4. The van der Waals surface area contributed by atoms with Crippen molar-refractivity contribution < 1.29 is 18.0 Å². The summed E-state index contributed by atoms with van der Waals surface area (Å²) in [6.45, 7) is 0.0747. The lowest BCUT2D eigenvalue weighted by molar-refractivity contribution is -0.137. The Kier molecular flexibility index (Phi) is 4.75. The minimum Gasteiger partial charge on any atom is -0.348 e. The molecule has 0 aliphatic heterocycles. The molecule has 0 bridgehead atoms. The van der Waals surface area contributed by atoms with Gasteiger partial charge in [0, 0.05) is 31.5 Å². The summed E-state index contributed by atoms with van der Waals surface area (Å²) >= 11 is 0. The Labute approximate surface area is 147 Å². The Balaban J connectivity index is 1.69. The summed E-state index contributed by atoms with van der Waals surface area (Å²) < 4.78 is 40.6. The number of aryl methyl sites for hydroxylation is 1. The van der Waals surface area contributed by atoms with Crippen LogP contribution in [0.2, 0.25) is 0 Å². The Morgan fingerprint density at radius 2 is 1.92 bits per heavy atom. The number of carbonyl (C=O) groups excluding carboxylic acids is 1. The van der Waals surface area contributed by atoms with Gasteiger partial charge in [-0.2, -0.15) is 18.3 Å². The molecule has 2 aromatic heterocycles. The second-order valence-corrected chi connectivity index (χ2v) is 5.68. The van der Waals surface area contributed by atoms with E-state index in [2.05, 4.69) is 15.4 Å². The number of halogens is 3. The van der Waals surface area contributed by atoms with Crippen LogP contribution in [0.25, 0.3) is 11.3 Å². The highest BCUT2D eigenvalue weighted by Crippen LogP contribution is 2.31. The molecule has 0 saturated heterocycles. The van der Waals surface area contributed by atoms with Crippen molar-refractivity contribution in [1.29, 1.82) is 0 Å². The van der Waals surface area contributed by atoms with Gasteiger partial charge >= 0.3 is 6.18 Å². The second kappa shape index (κ2) is 6.99. The third-order valence-corrected chi connectivity index (χ3v) is 3.76. The Bertz CT molecular complexity index is 917. The Hall–Kier alpha value is -3.16. The van der Waals surface area contributed by atoms with Crippen molar-refractivity contribution in [3.63, 3.8) is 0 Å². The number of benzene rings is 1. The standard InChI is InChI=1S/C18H15F3N4O/c1-25-11-13(10-24-25)16-7-6-12(8-22-16)9-23-17(26)14-4-2-3-5-15(14)18(19,20)21/h2-8,10-11H,9H2,1H3,(H,23,26). The lowest BCUT2D eigenvalue weighted by atomic mass is 10.1. The summed E-state index contributed by atoms with van der Waals surface area (Å²) in [6, 6.07) is 8.21. The number of rotatable bonds is 4. The summed E-state index contributed by atoms with van der Waals surface area (Å²) in [5.74, 6) is -0.783. The van der Waals surface area contributed by atoms with Gasteiger partial charge in [0.2, 0.25) is 0 Å². The zero-order valence-electron chi connectivity index (χ0n) is 13.8.